The highest BCUT2D eigenvalue weighted by atomic mass is 35.5. The Bertz CT molecular complexity index is 522. The molecule has 3 N–H and O–H groups in total. The number of halogens is 1. The lowest BCUT2D eigenvalue weighted by atomic mass is 10.3. The first kappa shape index (κ1) is 20.8. The van der Waals surface area contributed by atoms with Crippen LogP contribution in [0.25, 0.3) is 0 Å². The number of carbonyl (C=O) groups excluding carboxylic acids is 2. The monoisotopic (exact) mass is 377 g/mol. The van der Waals surface area contributed by atoms with Gasteiger partial charge in [0.1, 0.15) is 5.76 Å². The van der Waals surface area contributed by atoms with Crippen LogP contribution in [0.4, 0.5) is 5.82 Å². The first-order valence-corrected chi connectivity index (χ1v) is 8.79. The number of aromatic nitrogens is 1. The Hall–Kier alpha value is -1.29. The normalized spacial score (nSPS) is 14.7. The SMILES string of the molecule is Cc1cc(NC(=O)CSCC(=O)NCCN2CCNCC2)no1.Cl. The summed E-state index contributed by atoms with van der Waals surface area (Å²) in [5.41, 5.74) is 0. The lowest BCUT2D eigenvalue weighted by molar-refractivity contribution is -0.118. The molecular weight excluding hydrogens is 354 g/mol. The number of piperazine rings is 1. The summed E-state index contributed by atoms with van der Waals surface area (Å²) in [5, 5.41) is 12.5. The van der Waals surface area contributed by atoms with Crippen LogP contribution in [-0.2, 0) is 9.59 Å². The predicted octanol–water partition coefficient (Wildman–Crippen LogP) is 0.0979. The summed E-state index contributed by atoms with van der Waals surface area (Å²) in [6.45, 7) is 7.31. The lowest BCUT2D eigenvalue weighted by Gasteiger charge is -2.27. The Balaban J connectivity index is 0.00000288. The largest absolute Gasteiger partial charge is 0.360 e. The highest BCUT2D eigenvalue weighted by Crippen LogP contribution is 2.08. The van der Waals surface area contributed by atoms with Crippen LogP contribution in [0.15, 0.2) is 10.6 Å². The van der Waals surface area contributed by atoms with Gasteiger partial charge in [-0.05, 0) is 6.92 Å². The van der Waals surface area contributed by atoms with Crippen molar-refractivity contribution in [1.29, 1.82) is 0 Å². The van der Waals surface area contributed by atoms with E-state index in [4.69, 9.17) is 4.52 Å². The fourth-order valence-corrected chi connectivity index (χ4v) is 2.83. The molecule has 10 heteroatoms. The predicted molar refractivity (Wildman–Crippen MR) is 96.8 cm³/mol. The van der Waals surface area contributed by atoms with Crippen LogP contribution in [-0.4, -0.2) is 72.6 Å². The van der Waals surface area contributed by atoms with E-state index in [-0.39, 0.29) is 35.7 Å². The van der Waals surface area contributed by atoms with Gasteiger partial charge in [0.15, 0.2) is 5.82 Å². The summed E-state index contributed by atoms with van der Waals surface area (Å²) in [5.74, 6) is 1.27. The van der Waals surface area contributed by atoms with E-state index in [1.54, 1.807) is 13.0 Å². The van der Waals surface area contributed by atoms with E-state index in [0.29, 0.717) is 18.1 Å². The third kappa shape index (κ3) is 8.00. The van der Waals surface area contributed by atoms with Crippen molar-refractivity contribution >= 4 is 41.8 Å². The second kappa shape index (κ2) is 11.3. The van der Waals surface area contributed by atoms with Crippen molar-refractivity contribution in [3.05, 3.63) is 11.8 Å². The van der Waals surface area contributed by atoms with Gasteiger partial charge in [0, 0.05) is 45.3 Å². The van der Waals surface area contributed by atoms with Crippen LogP contribution in [0.1, 0.15) is 5.76 Å². The highest BCUT2D eigenvalue weighted by molar-refractivity contribution is 8.00. The fourth-order valence-electron chi connectivity index (χ4n) is 2.18. The average molecular weight is 378 g/mol. The molecule has 24 heavy (non-hydrogen) atoms. The number of anilines is 1. The molecule has 1 aromatic rings. The van der Waals surface area contributed by atoms with Crippen molar-refractivity contribution in [2.45, 2.75) is 6.92 Å². The summed E-state index contributed by atoms with van der Waals surface area (Å²) in [7, 11) is 0. The minimum atomic E-state index is -0.197. The van der Waals surface area contributed by atoms with Crippen molar-refractivity contribution in [3.63, 3.8) is 0 Å². The fraction of sp³-hybridized carbons (Fsp3) is 0.643. The summed E-state index contributed by atoms with van der Waals surface area (Å²) < 4.78 is 4.86. The van der Waals surface area contributed by atoms with E-state index in [1.165, 1.54) is 11.8 Å². The molecule has 0 bridgehead atoms. The summed E-state index contributed by atoms with van der Waals surface area (Å²) >= 11 is 1.28. The molecule has 136 valence electrons. The number of amides is 2. The summed E-state index contributed by atoms with van der Waals surface area (Å²) in [6.07, 6.45) is 0. The Morgan fingerprint density at radius 1 is 1.33 bits per heavy atom. The molecule has 1 aliphatic rings. The van der Waals surface area contributed by atoms with Crippen LogP contribution in [0.5, 0.6) is 0 Å². The summed E-state index contributed by atoms with van der Waals surface area (Å²) in [6, 6.07) is 1.64. The van der Waals surface area contributed by atoms with Crippen LogP contribution in [0.2, 0.25) is 0 Å². The number of hydrogen-bond donors (Lipinski definition) is 3. The van der Waals surface area contributed by atoms with E-state index in [0.717, 1.165) is 32.7 Å². The molecule has 0 aromatic carbocycles. The van der Waals surface area contributed by atoms with E-state index in [2.05, 4.69) is 26.0 Å². The lowest BCUT2D eigenvalue weighted by Crippen LogP contribution is -2.46. The second-order valence-corrected chi connectivity index (χ2v) is 6.29. The summed E-state index contributed by atoms with van der Waals surface area (Å²) in [4.78, 5) is 25.7. The van der Waals surface area contributed by atoms with Gasteiger partial charge in [-0.25, -0.2) is 0 Å². The number of carbonyl (C=O) groups is 2. The molecule has 0 radical (unpaired) electrons. The van der Waals surface area contributed by atoms with Gasteiger partial charge in [0.05, 0.1) is 11.5 Å². The van der Waals surface area contributed by atoms with Gasteiger partial charge in [-0.2, -0.15) is 0 Å². The zero-order chi connectivity index (χ0) is 16.5. The molecule has 0 spiro atoms. The Morgan fingerprint density at radius 2 is 2.04 bits per heavy atom. The topological polar surface area (TPSA) is 99.5 Å². The molecule has 2 heterocycles. The number of hydrogen-bond acceptors (Lipinski definition) is 7. The van der Waals surface area contributed by atoms with E-state index >= 15 is 0 Å². The number of nitrogens with zero attached hydrogens (tertiary/aromatic N) is 2. The van der Waals surface area contributed by atoms with E-state index in [9.17, 15) is 9.59 Å². The van der Waals surface area contributed by atoms with Crippen LogP contribution >= 0.6 is 24.2 Å². The number of thioether (sulfide) groups is 1. The number of aryl methyl sites for hydroxylation is 1. The maximum absolute atomic E-state index is 11.7. The molecule has 1 fully saturated rings. The van der Waals surface area contributed by atoms with Crippen LogP contribution < -0.4 is 16.0 Å². The molecule has 0 unspecified atom stereocenters. The second-order valence-electron chi connectivity index (χ2n) is 5.31. The van der Waals surface area contributed by atoms with Crippen LogP contribution in [0, 0.1) is 6.92 Å². The molecular formula is C14H24ClN5O3S. The maximum atomic E-state index is 11.7. The zero-order valence-electron chi connectivity index (χ0n) is 13.7. The van der Waals surface area contributed by atoms with E-state index < -0.39 is 0 Å². The Morgan fingerprint density at radius 3 is 2.71 bits per heavy atom. The molecule has 2 amide bonds. The number of rotatable bonds is 8. The molecule has 1 saturated heterocycles. The van der Waals surface area contributed by atoms with Crippen molar-refractivity contribution < 1.29 is 14.1 Å². The van der Waals surface area contributed by atoms with Gasteiger partial charge < -0.3 is 20.5 Å². The van der Waals surface area contributed by atoms with Crippen molar-refractivity contribution in [3.8, 4) is 0 Å². The third-order valence-electron chi connectivity index (χ3n) is 3.32. The average Bonchev–Trinajstić information content (AvgIpc) is 2.93. The van der Waals surface area contributed by atoms with Crippen molar-refractivity contribution in [2.24, 2.45) is 0 Å². The maximum Gasteiger partial charge on any atom is 0.235 e. The van der Waals surface area contributed by atoms with Crippen LogP contribution in [0.3, 0.4) is 0 Å². The standard InChI is InChI=1S/C14H23N5O3S.ClH/c1-11-8-12(18-22-11)17-14(21)10-23-9-13(20)16-4-7-19-5-2-15-3-6-19;/h8,15H,2-7,9-10H2,1H3,(H,16,20)(H,17,18,21);1H. The first-order valence-electron chi connectivity index (χ1n) is 7.64. The van der Waals surface area contributed by atoms with E-state index in [1.807, 2.05) is 0 Å². The quantitative estimate of drug-likeness (QED) is 0.590. The molecule has 8 nitrogen and oxygen atoms in total. The van der Waals surface area contributed by atoms with Gasteiger partial charge in [-0.3, -0.25) is 14.5 Å². The minimum Gasteiger partial charge on any atom is -0.360 e. The van der Waals surface area contributed by atoms with Gasteiger partial charge in [-0.1, -0.05) is 5.16 Å². The Labute approximate surface area is 151 Å². The smallest absolute Gasteiger partial charge is 0.235 e. The number of nitrogens with one attached hydrogen (secondary N) is 3. The zero-order valence-corrected chi connectivity index (χ0v) is 15.3. The van der Waals surface area contributed by atoms with Gasteiger partial charge in [0.25, 0.3) is 0 Å². The molecule has 0 saturated carbocycles. The van der Waals surface area contributed by atoms with Gasteiger partial charge >= 0.3 is 0 Å². The minimum absolute atomic E-state index is 0. The molecule has 0 aliphatic carbocycles. The van der Waals surface area contributed by atoms with Crippen molar-refractivity contribution in [2.75, 3.05) is 56.1 Å². The molecule has 0 atom stereocenters. The Kier molecular flexibility index (Phi) is 9.77. The van der Waals surface area contributed by atoms with Gasteiger partial charge in [0.2, 0.25) is 11.8 Å². The highest BCUT2D eigenvalue weighted by Gasteiger charge is 2.10. The third-order valence-corrected chi connectivity index (χ3v) is 4.25. The first-order chi connectivity index (χ1) is 11.1. The molecule has 1 aromatic heterocycles. The molecule has 2 rings (SSSR count). The van der Waals surface area contributed by atoms with Gasteiger partial charge in [-0.15, -0.1) is 24.2 Å². The van der Waals surface area contributed by atoms with Crippen molar-refractivity contribution in [1.82, 2.24) is 20.7 Å². The molecule has 1 aliphatic heterocycles.